The van der Waals surface area contributed by atoms with Gasteiger partial charge in [-0.15, -0.1) is 10.1 Å². The third-order valence-corrected chi connectivity index (χ3v) is 13.1. The normalized spacial score (nSPS) is 10.7. The van der Waals surface area contributed by atoms with Gasteiger partial charge in [0.25, 0.3) is 5.09 Å². The summed E-state index contributed by atoms with van der Waals surface area (Å²) in [5.74, 6) is 1.64. The number of para-hydroxylation sites is 3. The standard InChI is InChI=1S/C17H24N2O2.C16H22N2O.C15H19ClN2O.C14H17N3O3/c1-20-13-6-4-3-5-11-18-15-10-12-19-17-14(15)8-7-9-16(17)21-2;1-3-4-5-6-11-17-14-10-12-18-16-13(14)8-7-9-15(16)19-2;1-19-10-4-2-3-8-17-14-7-9-18-15-11-12(16)5-6-13(14)15;18-17(19)20-11-5-1-4-9-15-14-8-10-16-13-7-3-2-6-12(13)14/h7-10,12H,3-6,11,13H2,1-2H3,(H,18,19);7-10,12H,3-6,11H2,1-2H3,(H,17,18);5-7,9,11H,2-4,8,10H2,1H3,(H,17,18);2-3,6-8,10H,1,4-5,9,11H2,(H,15,16). The lowest BCUT2D eigenvalue weighted by Crippen LogP contribution is -2.05. The Hall–Kier alpha value is -7.27. The molecule has 0 amide bonds. The maximum absolute atomic E-state index is 9.96. The number of pyridine rings is 4. The molecule has 4 heterocycles. The average molecular weight is 1100 g/mol. The van der Waals surface area contributed by atoms with Crippen LogP contribution >= 0.6 is 11.6 Å². The van der Waals surface area contributed by atoms with Crippen LogP contribution in [0.2, 0.25) is 5.02 Å². The molecule has 4 aromatic heterocycles. The number of methoxy groups -OCH3 is 4. The Morgan fingerprint density at radius 1 is 0.456 bits per heavy atom. The Morgan fingerprint density at radius 2 is 0.873 bits per heavy atom. The van der Waals surface area contributed by atoms with Gasteiger partial charge in [-0.05, 0) is 118 Å². The summed E-state index contributed by atoms with van der Waals surface area (Å²) in [5.41, 5.74) is 8.17. The first-order valence-electron chi connectivity index (χ1n) is 27.7. The first-order valence-corrected chi connectivity index (χ1v) is 28.1. The lowest BCUT2D eigenvalue weighted by molar-refractivity contribution is -0.757. The van der Waals surface area contributed by atoms with Crippen LogP contribution in [0.25, 0.3) is 43.6 Å². The van der Waals surface area contributed by atoms with E-state index in [9.17, 15) is 10.1 Å². The summed E-state index contributed by atoms with van der Waals surface area (Å²) in [5, 5.41) is 28.2. The fraction of sp³-hybridized carbons (Fsp3) is 0.419. The largest absolute Gasteiger partial charge is 0.494 e. The summed E-state index contributed by atoms with van der Waals surface area (Å²) >= 11 is 5.97. The van der Waals surface area contributed by atoms with Crippen LogP contribution in [0.3, 0.4) is 0 Å². The van der Waals surface area contributed by atoms with E-state index in [0.29, 0.717) is 6.42 Å². The molecule has 4 aromatic carbocycles. The SMILES string of the molecule is CCCCCCNc1ccnc2c(OC)cccc12.COCCCCCCNc1ccnc2c(OC)cccc12.COCCCCCNc1ccnc2cc(Cl)ccc12.O=[N+]([O-])OCCCCCNc1ccnc2ccccc12. The molecule has 0 spiro atoms. The molecular formula is C62H82ClN9O7. The second kappa shape index (κ2) is 37.5. The summed E-state index contributed by atoms with van der Waals surface area (Å²) < 4.78 is 20.8. The van der Waals surface area contributed by atoms with Gasteiger partial charge in [-0.1, -0.05) is 93.1 Å². The van der Waals surface area contributed by atoms with Gasteiger partial charge >= 0.3 is 0 Å². The Bertz CT molecular complexity index is 2980. The Labute approximate surface area is 471 Å². The van der Waals surface area contributed by atoms with Crippen molar-refractivity contribution in [2.24, 2.45) is 0 Å². The number of rotatable bonds is 31. The van der Waals surface area contributed by atoms with Crippen molar-refractivity contribution in [2.45, 2.75) is 96.8 Å². The van der Waals surface area contributed by atoms with Gasteiger partial charge in [-0.2, -0.15) is 0 Å². The van der Waals surface area contributed by atoms with Crippen molar-refractivity contribution in [1.29, 1.82) is 0 Å². The third kappa shape index (κ3) is 22.2. The van der Waals surface area contributed by atoms with E-state index < -0.39 is 5.09 Å². The van der Waals surface area contributed by atoms with Gasteiger partial charge in [0.05, 0.1) is 31.9 Å². The van der Waals surface area contributed by atoms with E-state index >= 15 is 0 Å². The first kappa shape index (κ1) is 62.6. The van der Waals surface area contributed by atoms with E-state index in [2.05, 4.69) is 65.1 Å². The molecule has 8 aromatic rings. The number of nitrogens with zero attached hydrogens (tertiary/aromatic N) is 5. The quantitative estimate of drug-likeness (QED) is 0.0182. The molecule has 0 aliphatic carbocycles. The third-order valence-electron chi connectivity index (χ3n) is 12.9. The summed E-state index contributed by atoms with van der Waals surface area (Å²) in [6, 6.07) is 33.8. The lowest BCUT2D eigenvalue weighted by Gasteiger charge is -2.11. The van der Waals surface area contributed by atoms with E-state index in [-0.39, 0.29) is 6.61 Å². The van der Waals surface area contributed by atoms with Crippen molar-refractivity contribution >= 4 is 78.0 Å². The van der Waals surface area contributed by atoms with E-state index in [4.69, 9.17) is 30.5 Å². The molecule has 0 saturated carbocycles. The number of benzene rings is 4. The molecule has 0 unspecified atom stereocenters. The van der Waals surface area contributed by atoms with Gasteiger partial charge in [0.2, 0.25) is 0 Å². The topological polar surface area (TPSA) is 189 Å². The molecule has 0 aliphatic heterocycles. The fourth-order valence-electron chi connectivity index (χ4n) is 8.72. The predicted molar refractivity (Wildman–Crippen MR) is 326 cm³/mol. The van der Waals surface area contributed by atoms with Crippen LogP contribution in [0, 0.1) is 10.1 Å². The highest BCUT2D eigenvalue weighted by Gasteiger charge is 2.08. The van der Waals surface area contributed by atoms with Crippen LogP contribution in [0.4, 0.5) is 22.7 Å². The van der Waals surface area contributed by atoms with E-state index in [1.807, 2.05) is 110 Å². The summed E-state index contributed by atoms with van der Waals surface area (Å²) in [7, 11) is 6.86. The monoisotopic (exact) mass is 1100 g/mol. The molecule has 79 heavy (non-hydrogen) atoms. The molecule has 0 bridgehead atoms. The molecule has 424 valence electrons. The molecule has 8 rings (SSSR count). The van der Waals surface area contributed by atoms with Gasteiger partial charge in [-0.25, -0.2) is 0 Å². The maximum atomic E-state index is 9.96. The van der Waals surface area contributed by atoms with Crippen LogP contribution in [-0.2, 0) is 14.3 Å². The number of nitrogens with one attached hydrogen (secondary N) is 4. The highest BCUT2D eigenvalue weighted by Crippen LogP contribution is 2.30. The molecule has 0 atom stereocenters. The maximum Gasteiger partial charge on any atom is 0.294 e. The highest BCUT2D eigenvalue weighted by molar-refractivity contribution is 6.31. The number of fused-ring (bicyclic) bond motifs is 4. The Kier molecular flexibility index (Phi) is 29.7. The van der Waals surface area contributed by atoms with Crippen LogP contribution in [0.15, 0.2) is 128 Å². The van der Waals surface area contributed by atoms with Crippen molar-refractivity contribution in [3.63, 3.8) is 0 Å². The first-order chi connectivity index (χ1) is 38.8. The van der Waals surface area contributed by atoms with Crippen LogP contribution in [0.5, 0.6) is 11.5 Å². The molecule has 0 radical (unpaired) electrons. The molecule has 0 aliphatic rings. The minimum Gasteiger partial charge on any atom is -0.494 e. The van der Waals surface area contributed by atoms with Gasteiger partial charge in [-0.3, -0.25) is 19.9 Å². The Balaban J connectivity index is 0.000000194. The summed E-state index contributed by atoms with van der Waals surface area (Å²) in [6.07, 6.45) is 23.1. The van der Waals surface area contributed by atoms with Crippen molar-refractivity contribution in [2.75, 3.05) is 95.7 Å². The molecule has 0 fully saturated rings. The molecule has 0 saturated heterocycles. The molecule has 4 N–H and O–H groups in total. The minimum absolute atomic E-state index is 0.172. The van der Waals surface area contributed by atoms with E-state index in [1.54, 1.807) is 34.6 Å². The van der Waals surface area contributed by atoms with Crippen molar-refractivity contribution in [1.82, 2.24) is 19.9 Å². The lowest BCUT2D eigenvalue weighted by atomic mass is 10.1. The Morgan fingerprint density at radius 3 is 1.37 bits per heavy atom. The minimum atomic E-state index is -0.749. The van der Waals surface area contributed by atoms with E-state index in [0.717, 1.165) is 161 Å². The summed E-state index contributed by atoms with van der Waals surface area (Å²) in [4.78, 5) is 31.7. The van der Waals surface area contributed by atoms with Gasteiger partial charge < -0.3 is 45.1 Å². The van der Waals surface area contributed by atoms with Crippen LogP contribution < -0.4 is 30.7 Å². The van der Waals surface area contributed by atoms with Crippen molar-refractivity contribution in [3.05, 3.63) is 143 Å². The predicted octanol–water partition coefficient (Wildman–Crippen LogP) is 15.2. The number of unbranched alkanes of at least 4 members (excludes halogenated alkanes) is 10. The number of hydrogen-bond acceptors (Lipinski definition) is 15. The highest BCUT2D eigenvalue weighted by atomic mass is 35.5. The molecule has 16 nitrogen and oxygen atoms in total. The zero-order valence-corrected chi connectivity index (χ0v) is 47.7. The number of aromatic nitrogens is 4. The van der Waals surface area contributed by atoms with Crippen LogP contribution in [-0.4, -0.2) is 99.5 Å². The van der Waals surface area contributed by atoms with Crippen LogP contribution in [0.1, 0.15) is 96.8 Å². The van der Waals surface area contributed by atoms with Crippen molar-refractivity contribution < 1.29 is 28.9 Å². The van der Waals surface area contributed by atoms with Gasteiger partial charge in [0.15, 0.2) is 0 Å². The van der Waals surface area contributed by atoms with E-state index in [1.165, 1.54) is 44.9 Å². The van der Waals surface area contributed by atoms with Crippen molar-refractivity contribution in [3.8, 4) is 11.5 Å². The smallest absolute Gasteiger partial charge is 0.294 e. The van der Waals surface area contributed by atoms with Gasteiger partial charge in [0, 0.05) is 128 Å². The average Bonchev–Trinajstić information content (AvgIpc) is 3.50. The van der Waals surface area contributed by atoms with Gasteiger partial charge in [0.1, 0.15) is 22.5 Å². The number of ether oxygens (including phenoxy) is 4. The molecule has 17 heteroatoms. The number of halogens is 1. The molecular weight excluding hydrogens is 1020 g/mol. The second-order valence-corrected chi connectivity index (χ2v) is 19.1. The zero-order valence-electron chi connectivity index (χ0n) is 46.9. The zero-order chi connectivity index (χ0) is 56.1. The summed E-state index contributed by atoms with van der Waals surface area (Å²) in [6.45, 7) is 7.89. The number of anilines is 4. The fourth-order valence-corrected chi connectivity index (χ4v) is 8.89. The second-order valence-electron chi connectivity index (χ2n) is 18.7. The number of hydrogen-bond donors (Lipinski definition) is 4.